The van der Waals surface area contributed by atoms with Crippen molar-refractivity contribution in [3.8, 4) is 0 Å². The number of nitrogens with one attached hydrogen (secondary N) is 3. The average molecular weight is 526 g/mol. The highest BCUT2D eigenvalue weighted by Gasteiger charge is 2.43. The number of aromatic nitrogens is 1. The van der Waals surface area contributed by atoms with Crippen LogP contribution in [0.1, 0.15) is 42.8 Å². The van der Waals surface area contributed by atoms with Gasteiger partial charge in [-0.15, -0.1) is 11.3 Å². The number of nitrogens with zero attached hydrogens (tertiary/aromatic N) is 4. The topological polar surface area (TPSA) is 140 Å². The molecule has 11 heteroatoms. The number of nitrogen functional groups attached to an aromatic ring is 2. The maximum Gasteiger partial charge on any atom is 0.236 e. The van der Waals surface area contributed by atoms with Gasteiger partial charge in [0.15, 0.2) is 5.84 Å². The van der Waals surface area contributed by atoms with Crippen molar-refractivity contribution in [3.05, 3.63) is 28.3 Å². The standard InChI is InChI=1S/C26H39N9OS/c1-3-33-11-13-35(14-12-33)20-16-17(34-9-7-30-8-10-34)15-18(31-20)23(28)32-25(36)26(2)6-4-5-19-21(26)22(27)24(29)37-19/h15-16,30H,3-14,27,29H2,1-2H3,(H2,28,32,36). The Bertz CT molecular complexity index is 1170. The molecule has 37 heavy (non-hydrogen) atoms. The molecule has 200 valence electrons. The van der Waals surface area contributed by atoms with Crippen molar-refractivity contribution >= 4 is 45.3 Å². The molecule has 0 radical (unpaired) electrons. The lowest BCUT2D eigenvalue weighted by Gasteiger charge is -2.36. The Hall–Kier alpha value is -2.89. The van der Waals surface area contributed by atoms with E-state index in [1.165, 1.54) is 11.3 Å². The molecule has 4 heterocycles. The van der Waals surface area contributed by atoms with Gasteiger partial charge in [-0.25, -0.2) is 4.98 Å². The van der Waals surface area contributed by atoms with Crippen LogP contribution in [-0.4, -0.2) is 80.5 Å². The molecule has 0 saturated carbocycles. The van der Waals surface area contributed by atoms with Crippen LogP contribution in [0.2, 0.25) is 0 Å². The lowest BCUT2D eigenvalue weighted by Crippen LogP contribution is -2.48. The van der Waals surface area contributed by atoms with E-state index in [9.17, 15) is 4.79 Å². The highest BCUT2D eigenvalue weighted by molar-refractivity contribution is 7.16. The van der Waals surface area contributed by atoms with Crippen molar-refractivity contribution in [2.24, 2.45) is 0 Å². The van der Waals surface area contributed by atoms with Crippen LogP contribution in [0.3, 0.4) is 0 Å². The number of amides is 1. The number of anilines is 4. The lowest BCUT2D eigenvalue weighted by atomic mass is 9.72. The van der Waals surface area contributed by atoms with Crippen molar-refractivity contribution in [2.75, 3.05) is 80.2 Å². The van der Waals surface area contributed by atoms with Crippen LogP contribution in [0.25, 0.3) is 0 Å². The Kier molecular flexibility index (Phi) is 7.28. The summed E-state index contributed by atoms with van der Waals surface area (Å²) in [7, 11) is 0. The van der Waals surface area contributed by atoms with Crippen molar-refractivity contribution in [3.63, 3.8) is 0 Å². The minimum atomic E-state index is -0.826. The fourth-order valence-electron chi connectivity index (χ4n) is 5.75. The van der Waals surface area contributed by atoms with Crippen LogP contribution in [0.15, 0.2) is 12.1 Å². The second-order valence-electron chi connectivity index (χ2n) is 10.4. The molecule has 0 bridgehead atoms. The maximum atomic E-state index is 13.7. The van der Waals surface area contributed by atoms with Crippen LogP contribution in [0.5, 0.6) is 0 Å². The van der Waals surface area contributed by atoms with Crippen LogP contribution >= 0.6 is 11.3 Å². The zero-order valence-electron chi connectivity index (χ0n) is 21.9. The Balaban J connectivity index is 1.42. The molecular formula is C26H39N9OS. The van der Waals surface area contributed by atoms with E-state index in [-0.39, 0.29) is 11.7 Å². The second kappa shape index (κ2) is 10.5. The van der Waals surface area contributed by atoms with Gasteiger partial charge in [0, 0.05) is 74.6 Å². The Morgan fingerprint density at radius 2 is 1.89 bits per heavy atom. The van der Waals surface area contributed by atoms with E-state index < -0.39 is 5.41 Å². The van der Waals surface area contributed by atoms with Crippen LogP contribution < -0.4 is 31.9 Å². The first-order chi connectivity index (χ1) is 17.8. The molecule has 10 nitrogen and oxygen atoms in total. The predicted octanol–water partition coefficient (Wildman–Crippen LogP) is 1.59. The van der Waals surface area contributed by atoms with Gasteiger partial charge in [0.25, 0.3) is 0 Å². The molecule has 1 amide bonds. The van der Waals surface area contributed by atoms with Gasteiger partial charge < -0.3 is 36.8 Å². The second-order valence-corrected chi connectivity index (χ2v) is 11.6. The molecule has 0 spiro atoms. The number of rotatable bonds is 5. The normalized spacial score (nSPS) is 22.5. The Morgan fingerprint density at radius 3 is 2.59 bits per heavy atom. The van der Waals surface area contributed by atoms with E-state index in [0.29, 0.717) is 22.8 Å². The first kappa shape index (κ1) is 25.7. The molecule has 1 aliphatic carbocycles. The van der Waals surface area contributed by atoms with E-state index in [1.807, 2.05) is 13.0 Å². The summed E-state index contributed by atoms with van der Waals surface area (Å²) in [6.45, 7) is 12.5. The van der Waals surface area contributed by atoms with E-state index >= 15 is 0 Å². The Morgan fingerprint density at radius 1 is 1.16 bits per heavy atom. The molecule has 7 N–H and O–H groups in total. The molecule has 3 aliphatic rings. The van der Waals surface area contributed by atoms with Gasteiger partial charge in [0.05, 0.1) is 11.1 Å². The fourth-order valence-corrected chi connectivity index (χ4v) is 6.92. The van der Waals surface area contributed by atoms with Gasteiger partial charge in [-0.05, 0) is 38.8 Å². The number of likely N-dealkylation sites (N-methyl/N-ethyl adjacent to an activating group) is 1. The summed E-state index contributed by atoms with van der Waals surface area (Å²) < 4.78 is 0. The van der Waals surface area contributed by atoms with Crippen molar-refractivity contribution in [1.82, 2.24) is 20.5 Å². The fraction of sp³-hybridized carbons (Fsp3) is 0.577. The van der Waals surface area contributed by atoms with Crippen LogP contribution in [0, 0.1) is 5.41 Å². The average Bonchev–Trinajstić information content (AvgIpc) is 3.23. The van der Waals surface area contributed by atoms with Gasteiger partial charge in [0.1, 0.15) is 16.5 Å². The number of hydrogen-bond acceptors (Lipinski definition) is 10. The van der Waals surface area contributed by atoms with Crippen molar-refractivity contribution < 1.29 is 4.79 Å². The predicted molar refractivity (Wildman–Crippen MR) is 152 cm³/mol. The molecule has 2 aromatic heterocycles. The zero-order valence-corrected chi connectivity index (χ0v) is 22.7. The number of piperazine rings is 2. The highest BCUT2D eigenvalue weighted by Crippen LogP contribution is 2.47. The quantitative estimate of drug-likeness (QED) is 0.293. The number of thiophene rings is 1. The number of hydrogen-bond donors (Lipinski definition) is 5. The van der Waals surface area contributed by atoms with E-state index in [0.717, 1.165) is 93.7 Å². The molecule has 1 unspecified atom stereocenters. The van der Waals surface area contributed by atoms with Crippen molar-refractivity contribution in [1.29, 1.82) is 5.41 Å². The maximum absolute atomic E-state index is 13.7. The molecule has 2 aromatic rings. The third-order valence-corrected chi connectivity index (χ3v) is 9.19. The van der Waals surface area contributed by atoms with Crippen molar-refractivity contribution in [2.45, 2.75) is 38.5 Å². The first-order valence-corrected chi connectivity index (χ1v) is 14.1. The summed E-state index contributed by atoms with van der Waals surface area (Å²) in [6, 6.07) is 4.07. The van der Waals surface area contributed by atoms with Gasteiger partial charge in [-0.3, -0.25) is 10.2 Å². The van der Waals surface area contributed by atoms with Gasteiger partial charge in [-0.2, -0.15) is 0 Å². The summed E-state index contributed by atoms with van der Waals surface area (Å²) >= 11 is 1.48. The Labute approximate surface area is 222 Å². The SMILES string of the molecule is CCN1CCN(c2cc(N3CCNCC3)cc(C(=N)NC(=O)C3(C)CCCc4sc(N)c(N)c43)n2)CC1. The summed E-state index contributed by atoms with van der Waals surface area (Å²) in [4.78, 5) is 26.7. The molecule has 2 fully saturated rings. The minimum absolute atomic E-state index is 0.0190. The number of carbonyl (C=O) groups excluding carboxylic acids is 1. The van der Waals surface area contributed by atoms with Crippen LogP contribution in [0.4, 0.5) is 22.2 Å². The van der Waals surface area contributed by atoms with E-state index in [1.54, 1.807) is 0 Å². The smallest absolute Gasteiger partial charge is 0.236 e. The monoisotopic (exact) mass is 525 g/mol. The lowest BCUT2D eigenvalue weighted by molar-refractivity contribution is -0.125. The summed E-state index contributed by atoms with van der Waals surface area (Å²) in [5.41, 5.74) is 14.5. The summed E-state index contributed by atoms with van der Waals surface area (Å²) in [6.07, 6.45) is 2.43. The molecule has 2 saturated heterocycles. The molecule has 0 aromatic carbocycles. The van der Waals surface area contributed by atoms with Crippen LogP contribution in [-0.2, 0) is 16.6 Å². The van der Waals surface area contributed by atoms with E-state index in [2.05, 4.69) is 38.3 Å². The molecule has 1 atom stereocenters. The minimum Gasteiger partial charge on any atom is -0.396 e. The molecule has 5 rings (SSSR count). The third-order valence-electron chi connectivity index (χ3n) is 8.10. The number of aryl methyl sites for hydroxylation is 1. The van der Waals surface area contributed by atoms with Gasteiger partial charge in [-0.1, -0.05) is 6.92 Å². The van der Waals surface area contributed by atoms with E-state index in [4.69, 9.17) is 21.9 Å². The molecule has 2 aliphatic heterocycles. The summed E-state index contributed by atoms with van der Waals surface area (Å²) in [5, 5.41) is 15.7. The largest absolute Gasteiger partial charge is 0.396 e. The highest BCUT2D eigenvalue weighted by atomic mass is 32.1. The number of carbonyl (C=O) groups is 1. The number of nitrogens with two attached hydrogens (primary N) is 2. The van der Waals surface area contributed by atoms with Gasteiger partial charge >= 0.3 is 0 Å². The third kappa shape index (κ3) is 4.99. The van der Waals surface area contributed by atoms with Gasteiger partial charge in [0.2, 0.25) is 5.91 Å². The first-order valence-electron chi connectivity index (χ1n) is 13.3. The number of amidine groups is 1. The molecular weight excluding hydrogens is 486 g/mol. The number of pyridine rings is 1. The zero-order chi connectivity index (χ0) is 26.2. The number of fused-ring (bicyclic) bond motifs is 1. The summed E-state index contributed by atoms with van der Waals surface area (Å²) in [5.74, 6) is 0.655.